The molecule has 0 fully saturated rings. The van der Waals surface area contributed by atoms with Crippen LogP contribution in [0.5, 0.6) is 0 Å². The van der Waals surface area contributed by atoms with Crippen molar-refractivity contribution in [3.63, 3.8) is 0 Å². The minimum atomic E-state index is -1.16. The van der Waals surface area contributed by atoms with Gasteiger partial charge in [0.2, 0.25) is 0 Å². The highest BCUT2D eigenvalue weighted by Gasteiger charge is 2.16. The standard InChI is InChI=1S/C11H10O4/c1-7(12)6-10(13)8-4-2-3-5-9(8)11(14)15/h2-5H,6H2,1H3,(H,14,15). The maximum atomic E-state index is 11.5. The number of carboxylic acids is 1. The summed E-state index contributed by atoms with van der Waals surface area (Å²) < 4.78 is 0. The van der Waals surface area contributed by atoms with Crippen molar-refractivity contribution in [1.82, 2.24) is 0 Å². The highest BCUT2D eigenvalue weighted by atomic mass is 16.4. The largest absolute Gasteiger partial charge is 0.478 e. The molecule has 4 heteroatoms. The molecule has 78 valence electrons. The van der Waals surface area contributed by atoms with Gasteiger partial charge in [-0.2, -0.15) is 0 Å². The Kier molecular flexibility index (Phi) is 3.33. The lowest BCUT2D eigenvalue weighted by molar-refractivity contribution is -0.116. The van der Waals surface area contributed by atoms with Gasteiger partial charge in [-0.15, -0.1) is 0 Å². The van der Waals surface area contributed by atoms with Crippen LogP contribution in [-0.2, 0) is 4.79 Å². The van der Waals surface area contributed by atoms with Gasteiger partial charge in [0, 0.05) is 5.56 Å². The van der Waals surface area contributed by atoms with Crippen LogP contribution in [0.1, 0.15) is 34.1 Å². The van der Waals surface area contributed by atoms with Crippen molar-refractivity contribution in [3.8, 4) is 0 Å². The number of hydrogen-bond donors (Lipinski definition) is 1. The molecular weight excluding hydrogens is 196 g/mol. The van der Waals surface area contributed by atoms with Gasteiger partial charge in [-0.05, 0) is 13.0 Å². The van der Waals surface area contributed by atoms with Gasteiger partial charge >= 0.3 is 5.97 Å². The first kappa shape index (κ1) is 11.1. The van der Waals surface area contributed by atoms with Gasteiger partial charge in [0.1, 0.15) is 5.78 Å². The van der Waals surface area contributed by atoms with E-state index < -0.39 is 11.8 Å². The molecular formula is C11H10O4. The van der Waals surface area contributed by atoms with Crippen molar-refractivity contribution < 1.29 is 19.5 Å². The number of benzene rings is 1. The van der Waals surface area contributed by atoms with Crippen LogP contribution in [0.25, 0.3) is 0 Å². The van der Waals surface area contributed by atoms with Crippen molar-refractivity contribution in [2.75, 3.05) is 0 Å². The minimum absolute atomic E-state index is 0.0660. The molecule has 0 radical (unpaired) electrons. The molecule has 0 amide bonds. The van der Waals surface area contributed by atoms with Crippen molar-refractivity contribution in [1.29, 1.82) is 0 Å². The quantitative estimate of drug-likeness (QED) is 0.599. The summed E-state index contributed by atoms with van der Waals surface area (Å²) in [5.41, 5.74) is 0.0175. The monoisotopic (exact) mass is 206 g/mol. The molecule has 0 aliphatic rings. The molecule has 0 heterocycles. The lowest BCUT2D eigenvalue weighted by atomic mass is 10.0. The SMILES string of the molecule is CC(=O)CC(=O)c1ccccc1C(=O)O. The number of carbonyl (C=O) groups is 3. The van der Waals surface area contributed by atoms with Crippen LogP contribution < -0.4 is 0 Å². The maximum Gasteiger partial charge on any atom is 0.336 e. The summed E-state index contributed by atoms with van der Waals surface area (Å²) in [4.78, 5) is 33.0. The molecule has 0 bridgehead atoms. The molecule has 1 N–H and O–H groups in total. The molecule has 0 aliphatic heterocycles. The normalized spacial score (nSPS) is 9.67. The fourth-order valence-electron chi connectivity index (χ4n) is 1.23. The van der Waals surface area contributed by atoms with E-state index in [2.05, 4.69) is 0 Å². The second-order valence-corrected chi connectivity index (χ2v) is 3.15. The molecule has 1 rings (SSSR count). The predicted octanol–water partition coefficient (Wildman–Crippen LogP) is 1.55. The lowest BCUT2D eigenvalue weighted by Crippen LogP contribution is -2.11. The topological polar surface area (TPSA) is 71.4 Å². The maximum absolute atomic E-state index is 11.5. The average molecular weight is 206 g/mol. The van der Waals surface area contributed by atoms with Crippen LogP contribution in [-0.4, -0.2) is 22.6 Å². The summed E-state index contributed by atoms with van der Waals surface area (Å²) in [7, 11) is 0. The van der Waals surface area contributed by atoms with E-state index in [1.165, 1.54) is 25.1 Å². The van der Waals surface area contributed by atoms with Crippen LogP contribution in [0.2, 0.25) is 0 Å². The van der Waals surface area contributed by atoms with E-state index in [4.69, 9.17) is 5.11 Å². The number of aromatic carboxylic acids is 1. The summed E-state index contributed by atoms with van der Waals surface area (Å²) in [6.45, 7) is 1.29. The molecule has 0 atom stereocenters. The van der Waals surface area contributed by atoms with E-state index in [-0.39, 0.29) is 23.3 Å². The number of carboxylic acid groups (broad SMARTS) is 1. The molecule has 1 aromatic rings. The molecule has 0 aromatic heterocycles. The zero-order valence-electron chi connectivity index (χ0n) is 8.19. The van der Waals surface area contributed by atoms with Crippen LogP contribution in [0.3, 0.4) is 0 Å². The first-order valence-electron chi connectivity index (χ1n) is 4.37. The van der Waals surface area contributed by atoms with Crippen molar-refractivity contribution in [2.45, 2.75) is 13.3 Å². The second kappa shape index (κ2) is 4.50. The van der Waals surface area contributed by atoms with Gasteiger partial charge < -0.3 is 5.11 Å². The Labute approximate surface area is 86.5 Å². The molecule has 0 aliphatic carbocycles. The van der Waals surface area contributed by atoms with Gasteiger partial charge in [-0.3, -0.25) is 9.59 Å². The first-order chi connectivity index (χ1) is 7.02. The number of hydrogen-bond acceptors (Lipinski definition) is 3. The Morgan fingerprint density at radius 3 is 2.13 bits per heavy atom. The minimum Gasteiger partial charge on any atom is -0.478 e. The Morgan fingerprint density at radius 2 is 1.67 bits per heavy atom. The van der Waals surface area contributed by atoms with Gasteiger partial charge in [0.05, 0.1) is 12.0 Å². The van der Waals surface area contributed by atoms with Crippen LogP contribution >= 0.6 is 0 Å². The van der Waals surface area contributed by atoms with Crippen LogP contribution in [0, 0.1) is 0 Å². The Balaban J connectivity index is 3.08. The smallest absolute Gasteiger partial charge is 0.336 e. The average Bonchev–Trinajstić information content (AvgIpc) is 2.16. The van der Waals surface area contributed by atoms with Crippen LogP contribution in [0.4, 0.5) is 0 Å². The summed E-state index contributed by atoms with van der Waals surface area (Å²) in [5, 5.41) is 8.81. The molecule has 0 saturated carbocycles. The molecule has 0 spiro atoms. The fraction of sp³-hybridized carbons (Fsp3) is 0.182. The summed E-state index contributed by atoms with van der Waals surface area (Å²) in [6.07, 6.45) is -0.260. The summed E-state index contributed by atoms with van der Waals surface area (Å²) in [6, 6.07) is 5.86. The first-order valence-corrected chi connectivity index (χ1v) is 4.37. The predicted molar refractivity (Wildman–Crippen MR) is 53.0 cm³/mol. The second-order valence-electron chi connectivity index (χ2n) is 3.15. The highest BCUT2D eigenvalue weighted by molar-refractivity contribution is 6.12. The van der Waals surface area contributed by atoms with E-state index in [0.29, 0.717) is 0 Å². The third kappa shape index (κ3) is 2.74. The number of carbonyl (C=O) groups excluding carboxylic acids is 2. The zero-order chi connectivity index (χ0) is 11.4. The van der Waals surface area contributed by atoms with Gasteiger partial charge in [-0.25, -0.2) is 4.79 Å². The Bertz CT molecular complexity index is 420. The number of rotatable bonds is 4. The zero-order valence-corrected chi connectivity index (χ0v) is 8.19. The Hall–Kier alpha value is -1.97. The van der Waals surface area contributed by atoms with E-state index >= 15 is 0 Å². The molecule has 1 aromatic carbocycles. The van der Waals surface area contributed by atoms with Crippen molar-refractivity contribution in [3.05, 3.63) is 35.4 Å². The number of Topliss-reactive ketones (excluding diaryl/α,β-unsaturated/α-hetero) is 2. The third-order valence-electron chi connectivity index (χ3n) is 1.87. The van der Waals surface area contributed by atoms with Crippen molar-refractivity contribution >= 4 is 17.5 Å². The van der Waals surface area contributed by atoms with Gasteiger partial charge in [-0.1, -0.05) is 18.2 Å². The van der Waals surface area contributed by atoms with E-state index in [0.717, 1.165) is 0 Å². The van der Waals surface area contributed by atoms with E-state index in [9.17, 15) is 14.4 Å². The Morgan fingerprint density at radius 1 is 1.13 bits per heavy atom. The number of ketones is 2. The summed E-state index contributed by atoms with van der Waals surface area (Å²) in [5.74, 6) is -1.90. The lowest BCUT2D eigenvalue weighted by Gasteiger charge is -2.02. The van der Waals surface area contributed by atoms with E-state index in [1.807, 2.05) is 0 Å². The molecule has 0 saturated heterocycles. The molecule has 4 nitrogen and oxygen atoms in total. The molecule has 0 unspecified atom stereocenters. The van der Waals surface area contributed by atoms with Gasteiger partial charge in [0.15, 0.2) is 5.78 Å². The van der Waals surface area contributed by atoms with Crippen molar-refractivity contribution in [2.24, 2.45) is 0 Å². The molecule has 15 heavy (non-hydrogen) atoms. The van der Waals surface area contributed by atoms with Crippen LogP contribution in [0.15, 0.2) is 24.3 Å². The highest BCUT2D eigenvalue weighted by Crippen LogP contribution is 2.11. The van der Waals surface area contributed by atoms with Gasteiger partial charge in [0.25, 0.3) is 0 Å². The summed E-state index contributed by atoms with van der Waals surface area (Å²) >= 11 is 0. The van der Waals surface area contributed by atoms with E-state index in [1.54, 1.807) is 6.07 Å². The fourth-order valence-corrected chi connectivity index (χ4v) is 1.23. The third-order valence-corrected chi connectivity index (χ3v) is 1.87.